The van der Waals surface area contributed by atoms with Crippen LogP contribution in [-0.4, -0.2) is 28.6 Å². The van der Waals surface area contributed by atoms with Gasteiger partial charge in [-0.2, -0.15) is 0 Å². The summed E-state index contributed by atoms with van der Waals surface area (Å²) in [4.78, 5) is 17.7. The molecule has 2 aromatic carbocycles. The van der Waals surface area contributed by atoms with E-state index in [-0.39, 0.29) is 5.91 Å². The summed E-state index contributed by atoms with van der Waals surface area (Å²) in [6.07, 6.45) is 0.662. The summed E-state index contributed by atoms with van der Waals surface area (Å²) in [5.41, 5.74) is 4.36. The van der Waals surface area contributed by atoms with Crippen LogP contribution < -0.4 is 10.1 Å². The van der Waals surface area contributed by atoms with Crippen molar-refractivity contribution < 1.29 is 9.53 Å². The van der Waals surface area contributed by atoms with E-state index in [1.165, 1.54) is 16.9 Å². The standard InChI is InChI=1S/C24H25N3O2S/c1-17-9-10-18(2)21(16-17)29-14-13-27-20-7-4-3-6-19(20)26-23(27)11-12-25-24(28)22-8-5-15-30-22/h3-10,15-16H,11-14H2,1-2H3,(H,25,28). The van der Waals surface area contributed by atoms with Crippen LogP contribution in [0, 0.1) is 13.8 Å². The topological polar surface area (TPSA) is 56.1 Å². The summed E-state index contributed by atoms with van der Waals surface area (Å²) in [6.45, 7) is 5.92. The molecule has 5 nitrogen and oxygen atoms in total. The van der Waals surface area contributed by atoms with Gasteiger partial charge in [0.05, 0.1) is 22.5 Å². The van der Waals surface area contributed by atoms with Crippen LogP contribution in [0.15, 0.2) is 60.0 Å². The van der Waals surface area contributed by atoms with Gasteiger partial charge in [0.15, 0.2) is 0 Å². The lowest BCUT2D eigenvalue weighted by molar-refractivity contribution is 0.0958. The first-order valence-electron chi connectivity index (χ1n) is 10.1. The summed E-state index contributed by atoms with van der Waals surface area (Å²) in [5.74, 6) is 1.84. The predicted octanol–water partition coefficient (Wildman–Crippen LogP) is 4.77. The summed E-state index contributed by atoms with van der Waals surface area (Å²) >= 11 is 1.45. The van der Waals surface area contributed by atoms with Crippen LogP contribution in [0.2, 0.25) is 0 Å². The Balaban J connectivity index is 1.44. The normalized spacial score (nSPS) is 11.0. The molecule has 2 aromatic heterocycles. The van der Waals surface area contributed by atoms with Gasteiger partial charge in [-0.3, -0.25) is 4.79 Å². The molecular weight excluding hydrogens is 394 g/mol. The maximum Gasteiger partial charge on any atom is 0.261 e. The molecule has 0 spiro atoms. The third kappa shape index (κ3) is 4.54. The second-order valence-electron chi connectivity index (χ2n) is 7.27. The summed E-state index contributed by atoms with van der Waals surface area (Å²) in [6, 6.07) is 18.1. The molecule has 1 N–H and O–H groups in total. The van der Waals surface area contributed by atoms with Gasteiger partial charge in [0, 0.05) is 13.0 Å². The van der Waals surface area contributed by atoms with Gasteiger partial charge in [-0.05, 0) is 54.6 Å². The Morgan fingerprint density at radius 3 is 2.83 bits per heavy atom. The number of thiophene rings is 1. The predicted molar refractivity (Wildman–Crippen MR) is 122 cm³/mol. The molecule has 30 heavy (non-hydrogen) atoms. The maximum atomic E-state index is 12.2. The molecule has 6 heteroatoms. The number of hydrogen-bond acceptors (Lipinski definition) is 4. The number of aryl methyl sites for hydroxylation is 2. The van der Waals surface area contributed by atoms with Crippen LogP contribution in [0.5, 0.6) is 5.75 Å². The Bertz CT molecular complexity index is 1150. The zero-order chi connectivity index (χ0) is 20.9. The first kappa shape index (κ1) is 20.2. The van der Waals surface area contributed by atoms with Gasteiger partial charge in [0.25, 0.3) is 5.91 Å². The number of ether oxygens (including phenoxy) is 1. The van der Waals surface area contributed by atoms with Crippen molar-refractivity contribution in [1.29, 1.82) is 0 Å². The van der Waals surface area contributed by atoms with E-state index in [1.807, 2.05) is 35.7 Å². The van der Waals surface area contributed by atoms with E-state index in [4.69, 9.17) is 9.72 Å². The van der Waals surface area contributed by atoms with E-state index in [1.54, 1.807) is 0 Å². The minimum atomic E-state index is -0.0362. The average molecular weight is 420 g/mol. The zero-order valence-electron chi connectivity index (χ0n) is 17.2. The largest absolute Gasteiger partial charge is 0.491 e. The molecular formula is C24H25N3O2S. The Kier molecular flexibility index (Phi) is 6.14. The molecule has 4 aromatic rings. The van der Waals surface area contributed by atoms with Crippen molar-refractivity contribution in [2.45, 2.75) is 26.8 Å². The summed E-state index contributed by atoms with van der Waals surface area (Å²) in [7, 11) is 0. The molecule has 0 radical (unpaired) electrons. The molecule has 0 atom stereocenters. The number of carbonyl (C=O) groups is 1. The first-order valence-corrected chi connectivity index (χ1v) is 11.0. The number of amides is 1. The van der Waals surface area contributed by atoms with E-state index >= 15 is 0 Å². The molecule has 0 aliphatic heterocycles. The lowest BCUT2D eigenvalue weighted by atomic mass is 10.1. The highest BCUT2D eigenvalue weighted by atomic mass is 32.1. The Morgan fingerprint density at radius 2 is 2.00 bits per heavy atom. The smallest absolute Gasteiger partial charge is 0.261 e. The molecule has 0 saturated heterocycles. The van der Waals surface area contributed by atoms with Crippen molar-refractivity contribution in [2.24, 2.45) is 0 Å². The van der Waals surface area contributed by atoms with E-state index in [2.05, 4.69) is 48.0 Å². The van der Waals surface area contributed by atoms with Crippen molar-refractivity contribution >= 4 is 28.3 Å². The zero-order valence-corrected chi connectivity index (χ0v) is 18.0. The van der Waals surface area contributed by atoms with Gasteiger partial charge in [0.2, 0.25) is 0 Å². The fourth-order valence-corrected chi connectivity index (χ4v) is 4.10. The molecule has 4 rings (SSSR count). The van der Waals surface area contributed by atoms with E-state index in [0.29, 0.717) is 26.1 Å². The van der Waals surface area contributed by atoms with Crippen LogP contribution in [0.4, 0.5) is 0 Å². The lowest BCUT2D eigenvalue weighted by Crippen LogP contribution is -2.26. The minimum Gasteiger partial charge on any atom is -0.491 e. The lowest BCUT2D eigenvalue weighted by Gasteiger charge is -2.13. The molecule has 1 amide bonds. The number of carbonyl (C=O) groups excluding carboxylic acids is 1. The molecule has 2 heterocycles. The van der Waals surface area contributed by atoms with Crippen LogP contribution >= 0.6 is 11.3 Å². The Labute approximate surface area is 180 Å². The maximum absolute atomic E-state index is 12.2. The average Bonchev–Trinajstić information content (AvgIpc) is 3.39. The van der Waals surface area contributed by atoms with Crippen molar-refractivity contribution in [3.63, 3.8) is 0 Å². The highest BCUT2D eigenvalue weighted by Crippen LogP contribution is 2.20. The molecule has 0 aliphatic carbocycles. The van der Waals surface area contributed by atoms with Crippen LogP contribution in [0.1, 0.15) is 26.6 Å². The monoisotopic (exact) mass is 419 g/mol. The molecule has 0 saturated carbocycles. The van der Waals surface area contributed by atoms with Crippen molar-refractivity contribution in [2.75, 3.05) is 13.2 Å². The number of aromatic nitrogens is 2. The fourth-order valence-electron chi connectivity index (χ4n) is 3.46. The number of nitrogens with one attached hydrogen (secondary N) is 1. The van der Waals surface area contributed by atoms with Crippen LogP contribution in [-0.2, 0) is 13.0 Å². The van der Waals surface area contributed by atoms with Crippen molar-refractivity contribution in [3.8, 4) is 5.75 Å². The fraction of sp³-hybridized carbons (Fsp3) is 0.250. The Morgan fingerprint density at radius 1 is 1.13 bits per heavy atom. The molecule has 0 aliphatic rings. The van der Waals surface area contributed by atoms with Gasteiger partial charge in [0.1, 0.15) is 18.2 Å². The molecule has 0 unspecified atom stereocenters. The molecule has 0 bridgehead atoms. The molecule has 0 fully saturated rings. The first-order chi connectivity index (χ1) is 14.6. The second kappa shape index (κ2) is 9.13. The minimum absolute atomic E-state index is 0.0362. The quantitative estimate of drug-likeness (QED) is 0.448. The summed E-state index contributed by atoms with van der Waals surface area (Å²) < 4.78 is 8.26. The van der Waals surface area contributed by atoms with Gasteiger partial charge in [-0.15, -0.1) is 11.3 Å². The summed E-state index contributed by atoms with van der Waals surface area (Å²) in [5, 5.41) is 4.89. The highest BCUT2D eigenvalue weighted by molar-refractivity contribution is 7.12. The number of hydrogen-bond donors (Lipinski definition) is 1. The van der Waals surface area contributed by atoms with Crippen molar-refractivity contribution in [3.05, 3.63) is 81.8 Å². The van der Waals surface area contributed by atoms with Crippen LogP contribution in [0.25, 0.3) is 11.0 Å². The number of rotatable bonds is 8. The number of fused-ring (bicyclic) bond motifs is 1. The van der Waals surface area contributed by atoms with Gasteiger partial charge >= 0.3 is 0 Å². The number of benzene rings is 2. The van der Waals surface area contributed by atoms with Gasteiger partial charge in [-0.1, -0.05) is 30.3 Å². The van der Waals surface area contributed by atoms with E-state index in [9.17, 15) is 4.79 Å². The highest BCUT2D eigenvalue weighted by Gasteiger charge is 2.12. The number of nitrogens with zero attached hydrogens (tertiary/aromatic N) is 2. The molecule has 154 valence electrons. The van der Waals surface area contributed by atoms with Gasteiger partial charge in [-0.25, -0.2) is 4.98 Å². The Hall–Kier alpha value is -3.12. The van der Waals surface area contributed by atoms with E-state index < -0.39 is 0 Å². The SMILES string of the molecule is Cc1ccc(C)c(OCCn2c(CCNC(=O)c3cccs3)nc3ccccc32)c1. The van der Waals surface area contributed by atoms with Crippen molar-refractivity contribution in [1.82, 2.24) is 14.9 Å². The van der Waals surface area contributed by atoms with E-state index in [0.717, 1.165) is 33.0 Å². The van der Waals surface area contributed by atoms with Crippen LogP contribution in [0.3, 0.4) is 0 Å². The number of imidazole rings is 1. The second-order valence-corrected chi connectivity index (χ2v) is 8.22. The third-order valence-corrected chi connectivity index (χ3v) is 5.90. The number of para-hydroxylation sites is 2. The van der Waals surface area contributed by atoms with Gasteiger partial charge < -0.3 is 14.6 Å². The third-order valence-electron chi connectivity index (χ3n) is 5.03.